The van der Waals surface area contributed by atoms with Crippen molar-refractivity contribution in [1.82, 2.24) is 0 Å². The average Bonchev–Trinajstić information content (AvgIpc) is 2.37. The summed E-state index contributed by atoms with van der Waals surface area (Å²) in [5.74, 6) is 0.0177. The molecule has 2 rings (SSSR count). The molecule has 0 heterocycles. The Kier molecular flexibility index (Phi) is 3.67. The standard InChI is InChI=1S/C14H15ClO2/c1-9-6-7-10-4-2-3-5-11(10)13(9)14(17)12(16)8-15/h2-7,12,14,16-17H,8H2,1H3. The van der Waals surface area contributed by atoms with E-state index in [9.17, 15) is 10.2 Å². The first-order chi connectivity index (χ1) is 8.15. The molecule has 0 fully saturated rings. The van der Waals surface area contributed by atoms with Crippen molar-refractivity contribution in [3.63, 3.8) is 0 Å². The molecule has 90 valence electrons. The van der Waals surface area contributed by atoms with Gasteiger partial charge in [0.2, 0.25) is 0 Å². The lowest BCUT2D eigenvalue weighted by Crippen LogP contribution is -2.20. The van der Waals surface area contributed by atoms with E-state index in [1.54, 1.807) is 0 Å². The molecule has 0 aliphatic rings. The largest absolute Gasteiger partial charge is 0.389 e. The number of benzene rings is 2. The molecule has 0 saturated carbocycles. The van der Waals surface area contributed by atoms with E-state index in [4.69, 9.17) is 11.6 Å². The highest BCUT2D eigenvalue weighted by molar-refractivity contribution is 6.18. The lowest BCUT2D eigenvalue weighted by atomic mass is 9.93. The van der Waals surface area contributed by atoms with E-state index in [0.29, 0.717) is 0 Å². The first-order valence-corrected chi connectivity index (χ1v) is 6.09. The maximum Gasteiger partial charge on any atom is 0.107 e. The Bertz CT molecular complexity index is 525. The number of aliphatic hydroxyl groups is 2. The molecule has 2 aromatic carbocycles. The Morgan fingerprint density at radius 1 is 1.12 bits per heavy atom. The zero-order valence-electron chi connectivity index (χ0n) is 9.60. The quantitative estimate of drug-likeness (QED) is 0.823. The number of fused-ring (bicyclic) bond motifs is 1. The van der Waals surface area contributed by atoms with Crippen molar-refractivity contribution < 1.29 is 10.2 Å². The zero-order valence-corrected chi connectivity index (χ0v) is 10.4. The second-order valence-electron chi connectivity index (χ2n) is 4.18. The lowest BCUT2D eigenvalue weighted by Gasteiger charge is -2.20. The van der Waals surface area contributed by atoms with Crippen LogP contribution in [0.2, 0.25) is 0 Å². The van der Waals surface area contributed by atoms with E-state index in [2.05, 4.69) is 0 Å². The molecule has 0 aliphatic carbocycles. The van der Waals surface area contributed by atoms with Crippen molar-refractivity contribution in [1.29, 1.82) is 0 Å². The lowest BCUT2D eigenvalue weighted by molar-refractivity contribution is 0.0332. The van der Waals surface area contributed by atoms with E-state index in [1.807, 2.05) is 43.3 Å². The third-order valence-electron chi connectivity index (χ3n) is 3.01. The van der Waals surface area contributed by atoms with Gasteiger partial charge in [-0.2, -0.15) is 0 Å². The molecule has 2 N–H and O–H groups in total. The molecular weight excluding hydrogens is 236 g/mol. The minimum Gasteiger partial charge on any atom is -0.389 e. The fraction of sp³-hybridized carbons (Fsp3) is 0.286. The van der Waals surface area contributed by atoms with Gasteiger partial charge in [0.15, 0.2) is 0 Å². The Hall–Kier alpha value is -1.09. The van der Waals surface area contributed by atoms with Crippen LogP contribution in [0.15, 0.2) is 36.4 Å². The molecule has 0 amide bonds. The molecule has 0 saturated heterocycles. The van der Waals surface area contributed by atoms with Crippen molar-refractivity contribution in [2.75, 3.05) is 5.88 Å². The molecule has 17 heavy (non-hydrogen) atoms. The van der Waals surface area contributed by atoms with Crippen molar-refractivity contribution in [2.24, 2.45) is 0 Å². The fourth-order valence-electron chi connectivity index (χ4n) is 2.07. The molecule has 2 unspecified atom stereocenters. The van der Waals surface area contributed by atoms with Gasteiger partial charge in [0.25, 0.3) is 0 Å². The monoisotopic (exact) mass is 250 g/mol. The van der Waals surface area contributed by atoms with Crippen LogP contribution >= 0.6 is 11.6 Å². The highest BCUT2D eigenvalue weighted by atomic mass is 35.5. The molecule has 3 heteroatoms. The van der Waals surface area contributed by atoms with Gasteiger partial charge in [-0.1, -0.05) is 36.4 Å². The maximum absolute atomic E-state index is 10.1. The van der Waals surface area contributed by atoms with Crippen LogP contribution in [0.5, 0.6) is 0 Å². The van der Waals surface area contributed by atoms with Crippen LogP contribution in [0.25, 0.3) is 10.8 Å². The minimum absolute atomic E-state index is 0.0177. The summed E-state index contributed by atoms with van der Waals surface area (Å²) < 4.78 is 0. The number of rotatable bonds is 3. The Morgan fingerprint density at radius 3 is 2.53 bits per heavy atom. The summed E-state index contributed by atoms with van der Waals surface area (Å²) >= 11 is 5.59. The first-order valence-electron chi connectivity index (χ1n) is 5.55. The predicted octanol–water partition coefficient (Wildman–Crippen LogP) is 2.78. The number of aryl methyl sites for hydroxylation is 1. The molecule has 0 radical (unpaired) electrons. The third-order valence-corrected chi connectivity index (χ3v) is 3.32. The fourth-order valence-corrected chi connectivity index (χ4v) is 2.24. The topological polar surface area (TPSA) is 40.5 Å². The van der Waals surface area contributed by atoms with Crippen LogP contribution in [0.3, 0.4) is 0 Å². The van der Waals surface area contributed by atoms with Crippen LogP contribution in [0.4, 0.5) is 0 Å². The van der Waals surface area contributed by atoms with Crippen LogP contribution in [-0.2, 0) is 0 Å². The van der Waals surface area contributed by atoms with Crippen molar-refractivity contribution in [2.45, 2.75) is 19.1 Å². The SMILES string of the molecule is Cc1ccc2ccccc2c1C(O)C(O)CCl. The number of alkyl halides is 1. The molecule has 0 aliphatic heterocycles. The summed E-state index contributed by atoms with van der Waals surface area (Å²) in [6, 6.07) is 11.8. The predicted molar refractivity (Wildman–Crippen MR) is 70.4 cm³/mol. The summed E-state index contributed by atoms with van der Waals surface area (Å²) in [6.07, 6.45) is -1.89. The number of halogens is 1. The van der Waals surface area contributed by atoms with Crippen LogP contribution in [-0.4, -0.2) is 22.2 Å². The van der Waals surface area contributed by atoms with E-state index >= 15 is 0 Å². The van der Waals surface area contributed by atoms with Gasteiger partial charge in [-0.05, 0) is 28.8 Å². The van der Waals surface area contributed by atoms with Gasteiger partial charge in [0.05, 0.1) is 12.0 Å². The number of hydrogen-bond donors (Lipinski definition) is 2. The smallest absolute Gasteiger partial charge is 0.107 e. The van der Waals surface area contributed by atoms with Gasteiger partial charge in [-0.15, -0.1) is 11.6 Å². The van der Waals surface area contributed by atoms with Gasteiger partial charge in [-0.25, -0.2) is 0 Å². The molecule has 2 aromatic rings. The van der Waals surface area contributed by atoms with Crippen molar-refractivity contribution in [3.8, 4) is 0 Å². The molecule has 0 bridgehead atoms. The molecule has 2 nitrogen and oxygen atoms in total. The highest BCUT2D eigenvalue weighted by Crippen LogP contribution is 2.29. The van der Waals surface area contributed by atoms with Crippen molar-refractivity contribution >= 4 is 22.4 Å². The van der Waals surface area contributed by atoms with Crippen LogP contribution < -0.4 is 0 Å². The average molecular weight is 251 g/mol. The highest BCUT2D eigenvalue weighted by Gasteiger charge is 2.21. The van der Waals surface area contributed by atoms with E-state index < -0.39 is 12.2 Å². The summed E-state index contributed by atoms with van der Waals surface area (Å²) in [5, 5.41) is 21.8. The Morgan fingerprint density at radius 2 is 1.82 bits per heavy atom. The van der Waals surface area contributed by atoms with Crippen LogP contribution in [0.1, 0.15) is 17.2 Å². The summed E-state index contributed by atoms with van der Waals surface area (Å²) in [7, 11) is 0. The van der Waals surface area contributed by atoms with E-state index in [0.717, 1.165) is 21.9 Å². The molecule has 0 spiro atoms. The minimum atomic E-state index is -0.946. The molecular formula is C14H15ClO2. The summed E-state index contributed by atoms with van der Waals surface area (Å²) in [5.41, 5.74) is 1.72. The van der Waals surface area contributed by atoms with Gasteiger partial charge in [-0.3, -0.25) is 0 Å². The Labute approximate surface area is 105 Å². The first kappa shape index (κ1) is 12.4. The van der Waals surface area contributed by atoms with Gasteiger partial charge in [0.1, 0.15) is 6.10 Å². The molecule has 0 aromatic heterocycles. The summed E-state index contributed by atoms with van der Waals surface area (Å²) in [6.45, 7) is 1.92. The normalized spacial score (nSPS) is 14.8. The molecule has 2 atom stereocenters. The maximum atomic E-state index is 10.1. The van der Waals surface area contributed by atoms with Gasteiger partial charge < -0.3 is 10.2 Å². The second-order valence-corrected chi connectivity index (χ2v) is 4.49. The third kappa shape index (κ3) is 2.29. The summed E-state index contributed by atoms with van der Waals surface area (Å²) in [4.78, 5) is 0. The van der Waals surface area contributed by atoms with E-state index in [1.165, 1.54) is 0 Å². The number of hydrogen-bond acceptors (Lipinski definition) is 2. The van der Waals surface area contributed by atoms with Gasteiger partial charge in [0, 0.05) is 0 Å². The zero-order chi connectivity index (χ0) is 12.4. The van der Waals surface area contributed by atoms with Crippen LogP contribution in [0, 0.1) is 6.92 Å². The van der Waals surface area contributed by atoms with Gasteiger partial charge >= 0.3 is 0 Å². The Balaban J connectivity index is 2.62. The van der Waals surface area contributed by atoms with Crippen molar-refractivity contribution in [3.05, 3.63) is 47.5 Å². The van der Waals surface area contributed by atoms with E-state index in [-0.39, 0.29) is 5.88 Å². The second kappa shape index (κ2) is 5.05. The number of aliphatic hydroxyl groups excluding tert-OH is 2.